The van der Waals surface area contributed by atoms with E-state index in [1.54, 1.807) is 47.4 Å². The van der Waals surface area contributed by atoms with Crippen molar-refractivity contribution in [1.29, 1.82) is 0 Å². The van der Waals surface area contributed by atoms with Crippen molar-refractivity contribution in [2.24, 2.45) is 10.9 Å². The van der Waals surface area contributed by atoms with Crippen molar-refractivity contribution in [2.75, 3.05) is 17.2 Å². The highest BCUT2D eigenvalue weighted by Gasteiger charge is 2.31. The number of fused-ring (bicyclic) bond motifs is 1. The van der Waals surface area contributed by atoms with E-state index in [2.05, 4.69) is 15.7 Å². The number of aliphatic carboxylic acids is 1. The molecule has 3 aromatic carbocycles. The molecule has 1 aliphatic heterocycles. The first-order chi connectivity index (χ1) is 17.4. The first-order valence-electron chi connectivity index (χ1n) is 11.5. The van der Waals surface area contributed by atoms with Crippen molar-refractivity contribution in [3.8, 4) is 0 Å². The van der Waals surface area contributed by atoms with E-state index in [4.69, 9.17) is 5.84 Å². The fourth-order valence-electron chi connectivity index (χ4n) is 4.10. The molecular formula is C27H27N5O4. The van der Waals surface area contributed by atoms with Gasteiger partial charge >= 0.3 is 5.97 Å². The molecular weight excluding hydrogens is 458 g/mol. The fraction of sp³-hybridized carbons (Fsp3) is 0.185. The summed E-state index contributed by atoms with van der Waals surface area (Å²) < 4.78 is 0. The lowest BCUT2D eigenvalue weighted by Gasteiger charge is -2.24. The van der Waals surface area contributed by atoms with Crippen molar-refractivity contribution < 1.29 is 19.5 Å². The van der Waals surface area contributed by atoms with E-state index in [0.717, 1.165) is 16.7 Å². The Kier molecular flexibility index (Phi) is 7.60. The first-order valence-corrected chi connectivity index (χ1v) is 11.5. The summed E-state index contributed by atoms with van der Waals surface area (Å²) in [6, 6.07) is 21.0. The van der Waals surface area contributed by atoms with Gasteiger partial charge in [0.05, 0.1) is 12.6 Å². The van der Waals surface area contributed by atoms with Crippen molar-refractivity contribution in [3.05, 3.63) is 95.1 Å². The summed E-state index contributed by atoms with van der Waals surface area (Å²) in [7, 11) is 0. The molecule has 4 rings (SSSR count). The zero-order valence-electron chi connectivity index (χ0n) is 19.6. The maximum Gasteiger partial charge on any atom is 0.305 e. The molecule has 0 spiro atoms. The second kappa shape index (κ2) is 11.2. The number of carboxylic acids is 1. The monoisotopic (exact) mass is 485 g/mol. The molecule has 0 aliphatic carbocycles. The summed E-state index contributed by atoms with van der Waals surface area (Å²) >= 11 is 0. The molecule has 1 aliphatic rings. The molecule has 3 aromatic rings. The number of hydrogen-bond acceptors (Lipinski definition) is 6. The smallest absolute Gasteiger partial charge is 0.305 e. The van der Waals surface area contributed by atoms with Crippen LogP contribution in [0.2, 0.25) is 0 Å². The lowest BCUT2D eigenvalue weighted by atomic mass is 10.1. The maximum atomic E-state index is 13.2. The highest BCUT2D eigenvalue weighted by molar-refractivity contribution is 6.05. The van der Waals surface area contributed by atoms with Crippen molar-refractivity contribution in [2.45, 2.75) is 25.4 Å². The van der Waals surface area contributed by atoms with Crippen LogP contribution in [-0.2, 0) is 22.6 Å². The molecule has 2 amide bonds. The van der Waals surface area contributed by atoms with E-state index >= 15 is 0 Å². The number of nitrogens with one attached hydrogen (secondary N) is 2. The Bertz CT molecular complexity index is 1280. The molecule has 0 aromatic heterocycles. The average Bonchev–Trinajstić information content (AvgIpc) is 3.00. The predicted molar refractivity (Wildman–Crippen MR) is 138 cm³/mol. The second-order valence-corrected chi connectivity index (χ2v) is 8.52. The highest BCUT2D eigenvalue weighted by Crippen LogP contribution is 2.26. The molecule has 9 heteroatoms. The van der Waals surface area contributed by atoms with Crippen molar-refractivity contribution in [1.82, 2.24) is 4.90 Å². The molecule has 1 unspecified atom stereocenters. The van der Waals surface area contributed by atoms with Gasteiger partial charge in [-0.2, -0.15) is 5.10 Å². The van der Waals surface area contributed by atoms with Crippen LogP contribution < -0.4 is 16.5 Å². The lowest BCUT2D eigenvalue weighted by Crippen LogP contribution is -2.42. The Morgan fingerprint density at radius 3 is 2.56 bits per heavy atom. The molecule has 36 heavy (non-hydrogen) atoms. The number of nitrogens with zero attached hydrogens (tertiary/aromatic N) is 2. The van der Waals surface area contributed by atoms with Crippen LogP contribution in [0.15, 0.2) is 77.9 Å². The maximum absolute atomic E-state index is 13.2. The predicted octanol–water partition coefficient (Wildman–Crippen LogP) is 3.07. The normalized spacial score (nSPS) is 15.2. The third kappa shape index (κ3) is 6.06. The zero-order valence-corrected chi connectivity index (χ0v) is 19.6. The number of carboxylic acid groups (broad SMARTS) is 1. The Hall–Kier alpha value is -4.66. The van der Waals surface area contributed by atoms with Gasteiger partial charge in [0.1, 0.15) is 6.04 Å². The summed E-state index contributed by atoms with van der Waals surface area (Å²) in [6.07, 6.45) is 1.79. The minimum atomic E-state index is -1.08. The number of benzene rings is 3. The second-order valence-electron chi connectivity index (χ2n) is 8.52. The van der Waals surface area contributed by atoms with Crippen LogP contribution in [0, 0.1) is 0 Å². The van der Waals surface area contributed by atoms with Crippen LogP contribution in [0.5, 0.6) is 0 Å². The SMILES string of the molecule is NN=Cc1ccc(NC(=O)c2ccc3c(c2)NC(CC(=O)O)C(=O)N(CCc2ccccc2)C3)cc1. The van der Waals surface area contributed by atoms with Gasteiger partial charge < -0.3 is 26.5 Å². The Labute approximate surface area is 208 Å². The Balaban J connectivity index is 1.54. The van der Waals surface area contributed by atoms with Crippen molar-refractivity contribution >= 4 is 35.4 Å². The number of carbonyl (C=O) groups excluding carboxylic acids is 2. The lowest BCUT2D eigenvalue weighted by molar-refractivity contribution is -0.141. The molecule has 0 bridgehead atoms. The van der Waals surface area contributed by atoms with Gasteiger partial charge in [0.2, 0.25) is 5.91 Å². The van der Waals surface area contributed by atoms with Gasteiger partial charge in [0.25, 0.3) is 5.91 Å². The average molecular weight is 486 g/mol. The minimum absolute atomic E-state index is 0.281. The van der Waals surface area contributed by atoms with Gasteiger partial charge in [-0.15, -0.1) is 0 Å². The summed E-state index contributed by atoms with van der Waals surface area (Å²) in [5.74, 6) is 3.47. The van der Waals surface area contributed by atoms with Gasteiger partial charge in [-0.05, 0) is 47.4 Å². The number of hydrogen-bond donors (Lipinski definition) is 4. The third-order valence-electron chi connectivity index (χ3n) is 5.96. The Morgan fingerprint density at radius 2 is 1.86 bits per heavy atom. The summed E-state index contributed by atoms with van der Waals surface area (Å²) in [5.41, 5.74) is 4.25. The van der Waals surface area contributed by atoms with Gasteiger partial charge in [-0.25, -0.2) is 0 Å². The minimum Gasteiger partial charge on any atom is -0.481 e. The van der Waals surface area contributed by atoms with Gasteiger partial charge in [0.15, 0.2) is 0 Å². The molecule has 0 saturated carbocycles. The molecule has 9 nitrogen and oxygen atoms in total. The van der Waals surface area contributed by atoms with E-state index in [0.29, 0.717) is 36.4 Å². The van der Waals surface area contributed by atoms with Crippen LogP contribution in [0.25, 0.3) is 0 Å². The van der Waals surface area contributed by atoms with E-state index in [1.165, 1.54) is 6.21 Å². The van der Waals surface area contributed by atoms with E-state index in [-0.39, 0.29) is 18.2 Å². The molecule has 0 fully saturated rings. The number of amides is 2. The van der Waals surface area contributed by atoms with Crippen LogP contribution >= 0.6 is 0 Å². The molecule has 0 radical (unpaired) electrons. The molecule has 1 heterocycles. The number of rotatable bonds is 8. The van der Waals surface area contributed by atoms with Gasteiger partial charge in [-0.3, -0.25) is 14.4 Å². The molecule has 0 saturated heterocycles. The quantitative estimate of drug-likeness (QED) is 0.220. The summed E-state index contributed by atoms with van der Waals surface area (Å²) in [5, 5.41) is 18.8. The molecule has 184 valence electrons. The highest BCUT2D eigenvalue weighted by atomic mass is 16.4. The first kappa shape index (κ1) is 24.5. The van der Waals surface area contributed by atoms with E-state index in [1.807, 2.05) is 30.3 Å². The van der Waals surface area contributed by atoms with Gasteiger partial charge in [-0.1, -0.05) is 48.5 Å². The number of anilines is 2. The van der Waals surface area contributed by atoms with Gasteiger partial charge in [0, 0.05) is 30.0 Å². The number of hydrazone groups is 1. The number of carbonyl (C=O) groups is 3. The van der Waals surface area contributed by atoms with E-state index < -0.39 is 12.0 Å². The third-order valence-corrected chi connectivity index (χ3v) is 5.96. The zero-order chi connectivity index (χ0) is 25.5. The van der Waals surface area contributed by atoms with Crippen molar-refractivity contribution in [3.63, 3.8) is 0 Å². The molecule has 1 atom stereocenters. The van der Waals surface area contributed by atoms with E-state index in [9.17, 15) is 19.5 Å². The van der Waals surface area contributed by atoms with Crippen LogP contribution in [0.3, 0.4) is 0 Å². The standard InChI is InChI=1S/C27H27N5O4/c28-29-16-19-6-10-22(11-7-19)30-26(35)20-8-9-21-17-32(13-12-18-4-2-1-3-5-18)27(36)24(15-25(33)34)31-23(21)14-20/h1-11,14,16,24,31H,12-13,15,17,28H2,(H,30,35)(H,33,34). The van der Waals surface area contributed by atoms with Crippen LogP contribution in [0.1, 0.15) is 33.5 Å². The number of nitrogens with two attached hydrogens (primary N) is 1. The summed E-state index contributed by atoms with van der Waals surface area (Å²) in [6.45, 7) is 0.767. The summed E-state index contributed by atoms with van der Waals surface area (Å²) in [4.78, 5) is 39.2. The largest absolute Gasteiger partial charge is 0.481 e. The fourth-order valence-corrected chi connectivity index (χ4v) is 4.10. The van der Waals surface area contributed by atoms with Crippen LogP contribution in [0.4, 0.5) is 11.4 Å². The Morgan fingerprint density at radius 1 is 1.11 bits per heavy atom. The molecule has 5 N–H and O–H groups in total. The van der Waals surface area contributed by atoms with Crippen LogP contribution in [-0.4, -0.2) is 46.6 Å². The topological polar surface area (TPSA) is 137 Å².